The number of halogens is 2. The minimum atomic E-state index is 0.174. The Labute approximate surface area is 93.8 Å². The first kappa shape index (κ1) is 11.2. The van der Waals surface area contributed by atoms with E-state index in [0.29, 0.717) is 15.8 Å². The quantitative estimate of drug-likeness (QED) is 0.768. The molecule has 1 N–H and O–H groups in total. The molecule has 0 amide bonds. The second-order valence-electron chi connectivity index (χ2n) is 2.69. The van der Waals surface area contributed by atoms with Crippen LogP contribution in [0.3, 0.4) is 0 Å². The van der Waals surface area contributed by atoms with Crippen LogP contribution in [0.25, 0.3) is 0 Å². The lowest BCUT2D eigenvalue weighted by Crippen LogP contribution is -2.18. The van der Waals surface area contributed by atoms with Crippen LogP contribution in [-0.2, 0) is 0 Å². The van der Waals surface area contributed by atoms with E-state index in [1.165, 1.54) is 0 Å². The molecule has 0 aliphatic rings. The van der Waals surface area contributed by atoms with E-state index in [0.717, 1.165) is 5.56 Å². The van der Waals surface area contributed by atoms with E-state index in [-0.39, 0.29) is 6.04 Å². The molecule has 72 valence electrons. The lowest BCUT2D eigenvalue weighted by Gasteiger charge is -2.15. The number of thiol groups is 1. The summed E-state index contributed by atoms with van der Waals surface area (Å²) in [5, 5.41) is 4.46. The van der Waals surface area contributed by atoms with E-state index >= 15 is 0 Å². The maximum absolute atomic E-state index is 6.02. The number of hydrogen-bond acceptors (Lipinski definition) is 2. The van der Waals surface area contributed by atoms with Gasteiger partial charge >= 0.3 is 0 Å². The van der Waals surface area contributed by atoms with Crippen LogP contribution < -0.4 is 5.32 Å². The molecule has 1 aromatic rings. The summed E-state index contributed by atoms with van der Waals surface area (Å²) in [6, 6.07) is 5.67. The summed E-state index contributed by atoms with van der Waals surface area (Å²) in [6.45, 7) is 0. The summed E-state index contributed by atoms with van der Waals surface area (Å²) in [6.07, 6.45) is 0. The highest BCUT2D eigenvalue weighted by atomic mass is 35.5. The van der Waals surface area contributed by atoms with Crippen LogP contribution in [-0.4, -0.2) is 12.8 Å². The summed E-state index contributed by atoms with van der Waals surface area (Å²) in [5.41, 5.74) is 1.03. The van der Waals surface area contributed by atoms with Crippen LogP contribution in [0.5, 0.6) is 0 Å². The molecule has 1 nitrogen and oxygen atoms in total. The van der Waals surface area contributed by atoms with Gasteiger partial charge in [0.05, 0.1) is 0 Å². The average molecular weight is 236 g/mol. The zero-order valence-electron chi connectivity index (χ0n) is 7.22. The predicted octanol–water partition coefficient (Wildman–Crippen LogP) is 3.18. The normalized spacial score (nSPS) is 12.9. The first-order valence-electron chi connectivity index (χ1n) is 3.92. The topological polar surface area (TPSA) is 12.0 Å². The van der Waals surface area contributed by atoms with Crippen molar-refractivity contribution in [2.45, 2.75) is 6.04 Å². The fourth-order valence-corrected chi connectivity index (χ4v) is 2.05. The van der Waals surface area contributed by atoms with Crippen molar-refractivity contribution in [3.05, 3.63) is 33.8 Å². The van der Waals surface area contributed by atoms with E-state index in [1.54, 1.807) is 6.07 Å². The molecule has 0 aromatic heterocycles. The standard InChI is InChI=1S/C9H11Cl2NS/c1-12-9(5-13)7-3-2-6(10)4-8(7)11/h2-4,9,12-13H,5H2,1H3. The smallest absolute Gasteiger partial charge is 0.0468 e. The largest absolute Gasteiger partial charge is 0.312 e. The third-order valence-corrected chi connectivity index (χ3v) is 2.80. The van der Waals surface area contributed by atoms with E-state index < -0.39 is 0 Å². The molecule has 1 unspecified atom stereocenters. The Bertz CT molecular complexity index is 287. The van der Waals surface area contributed by atoms with Gasteiger partial charge < -0.3 is 5.32 Å². The highest BCUT2D eigenvalue weighted by Crippen LogP contribution is 2.26. The Balaban J connectivity index is 2.99. The van der Waals surface area contributed by atoms with Gasteiger partial charge in [0.15, 0.2) is 0 Å². The molecule has 0 spiro atoms. The Kier molecular flexibility index (Phi) is 4.39. The lowest BCUT2D eigenvalue weighted by molar-refractivity contribution is 0.663. The van der Waals surface area contributed by atoms with Gasteiger partial charge in [-0.2, -0.15) is 12.6 Å². The van der Waals surface area contributed by atoms with Crippen molar-refractivity contribution in [2.24, 2.45) is 0 Å². The van der Waals surface area contributed by atoms with Crippen molar-refractivity contribution in [1.82, 2.24) is 5.32 Å². The molecule has 0 radical (unpaired) electrons. The van der Waals surface area contributed by atoms with Crippen LogP contribution in [0.1, 0.15) is 11.6 Å². The highest BCUT2D eigenvalue weighted by molar-refractivity contribution is 7.80. The summed E-state index contributed by atoms with van der Waals surface area (Å²) in [5.74, 6) is 0.706. The molecule has 1 aromatic carbocycles. The molecular formula is C9H11Cl2NS. The minimum Gasteiger partial charge on any atom is -0.312 e. The lowest BCUT2D eigenvalue weighted by atomic mass is 10.1. The number of hydrogen-bond donors (Lipinski definition) is 2. The van der Waals surface area contributed by atoms with Crippen LogP contribution in [0.4, 0.5) is 0 Å². The van der Waals surface area contributed by atoms with Gasteiger partial charge in [0.2, 0.25) is 0 Å². The first-order chi connectivity index (χ1) is 6.19. The van der Waals surface area contributed by atoms with E-state index in [9.17, 15) is 0 Å². The monoisotopic (exact) mass is 235 g/mol. The zero-order chi connectivity index (χ0) is 9.84. The average Bonchev–Trinajstić information content (AvgIpc) is 2.10. The van der Waals surface area contributed by atoms with Crippen molar-refractivity contribution in [3.63, 3.8) is 0 Å². The van der Waals surface area contributed by atoms with Crippen molar-refractivity contribution < 1.29 is 0 Å². The summed E-state index contributed by atoms with van der Waals surface area (Å²) >= 11 is 16.0. The number of rotatable bonds is 3. The number of nitrogens with one attached hydrogen (secondary N) is 1. The van der Waals surface area contributed by atoms with Gasteiger partial charge in [0.25, 0.3) is 0 Å². The van der Waals surface area contributed by atoms with E-state index in [2.05, 4.69) is 17.9 Å². The number of benzene rings is 1. The molecule has 0 saturated carbocycles. The van der Waals surface area contributed by atoms with Gasteiger partial charge in [-0.05, 0) is 24.7 Å². The van der Waals surface area contributed by atoms with Crippen LogP contribution in [0, 0.1) is 0 Å². The Morgan fingerprint density at radius 2 is 2.15 bits per heavy atom. The van der Waals surface area contributed by atoms with Gasteiger partial charge in [-0.25, -0.2) is 0 Å². The van der Waals surface area contributed by atoms with Crippen molar-refractivity contribution in [2.75, 3.05) is 12.8 Å². The molecule has 4 heteroatoms. The molecule has 1 rings (SSSR count). The Morgan fingerprint density at radius 1 is 1.46 bits per heavy atom. The van der Waals surface area contributed by atoms with Crippen molar-refractivity contribution in [1.29, 1.82) is 0 Å². The summed E-state index contributed by atoms with van der Waals surface area (Å²) < 4.78 is 0. The molecule has 1 atom stereocenters. The Morgan fingerprint density at radius 3 is 2.62 bits per heavy atom. The van der Waals surface area contributed by atoms with Gasteiger partial charge in [0.1, 0.15) is 0 Å². The second-order valence-corrected chi connectivity index (χ2v) is 3.90. The highest BCUT2D eigenvalue weighted by Gasteiger charge is 2.10. The molecule has 0 heterocycles. The fraction of sp³-hybridized carbons (Fsp3) is 0.333. The van der Waals surface area contributed by atoms with Gasteiger partial charge in [-0.1, -0.05) is 29.3 Å². The van der Waals surface area contributed by atoms with E-state index in [4.69, 9.17) is 23.2 Å². The molecule has 0 fully saturated rings. The van der Waals surface area contributed by atoms with Gasteiger partial charge in [-0.3, -0.25) is 0 Å². The van der Waals surface area contributed by atoms with E-state index in [1.807, 2.05) is 19.2 Å². The molecular weight excluding hydrogens is 225 g/mol. The predicted molar refractivity (Wildman–Crippen MR) is 62.1 cm³/mol. The van der Waals surface area contributed by atoms with Crippen molar-refractivity contribution >= 4 is 35.8 Å². The molecule has 0 bridgehead atoms. The molecule has 0 saturated heterocycles. The SMILES string of the molecule is CNC(CS)c1ccc(Cl)cc1Cl. The maximum atomic E-state index is 6.02. The van der Waals surface area contributed by atoms with Gasteiger partial charge in [-0.15, -0.1) is 0 Å². The maximum Gasteiger partial charge on any atom is 0.0468 e. The van der Waals surface area contributed by atoms with Crippen molar-refractivity contribution in [3.8, 4) is 0 Å². The molecule has 0 aliphatic heterocycles. The zero-order valence-corrected chi connectivity index (χ0v) is 9.63. The Hall–Kier alpha value is 0.110. The first-order valence-corrected chi connectivity index (χ1v) is 5.31. The van der Waals surface area contributed by atoms with Crippen LogP contribution in [0.15, 0.2) is 18.2 Å². The fourth-order valence-electron chi connectivity index (χ4n) is 1.13. The second kappa shape index (κ2) is 5.11. The summed E-state index contributed by atoms with van der Waals surface area (Å²) in [7, 11) is 1.88. The molecule has 13 heavy (non-hydrogen) atoms. The van der Waals surface area contributed by atoms with Crippen LogP contribution in [0.2, 0.25) is 10.0 Å². The molecule has 0 aliphatic carbocycles. The summed E-state index contributed by atoms with van der Waals surface area (Å²) in [4.78, 5) is 0. The van der Waals surface area contributed by atoms with Crippen LogP contribution >= 0.6 is 35.8 Å². The third kappa shape index (κ3) is 2.78. The van der Waals surface area contributed by atoms with Gasteiger partial charge in [0, 0.05) is 21.8 Å². The third-order valence-electron chi connectivity index (χ3n) is 1.87. The minimum absolute atomic E-state index is 0.174.